The van der Waals surface area contributed by atoms with E-state index in [9.17, 15) is 4.79 Å². The zero-order valence-electron chi connectivity index (χ0n) is 12.1. The highest BCUT2D eigenvalue weighted by atomic mass is 79.9. The van der Waals surface area contributed by atoms with Crippen LogP contribution in [0, 0.1) is 6.92 Å². The van der Waals surface area contributed by atoms with Crippen LogP contribution in [0.4, 0.5) is 0 Å². The lowest BCUT2D eigenvalue weighted by Gasteiger charge is -2.16. The van der Waals surface area contributed by atoms with E-state index in [0.29, 0.717) is 13.2 Å². The van der Waals surface area contributed by atoms with Crippen LogP contribution in [0.25, 0.3) is 0 Å². The Kier molecular flexibility index (Phi) is 5.96. The number of hydrogen-bond donors (Lipinski definition) is 1. The maximum atomic E-state index is 12.2. The molecule has 112 valence electrons. The molecule has 0 saturated heterocycles. The standard InChI is InChI=1S/C16H18BrNO2S/c1-3-20-16(19)15(14-9-13(17)11(2)21-14)18-10-12-7-5-4-6-8-12/h4-9,15,18H,3,10H2,1-2H3. The van der Waals surface area contributed by atoms with Crippen molar-refractivity contribution in [1.82, 2.24) is 5.32 Å². The lowest BCUT2D eigenvalue weighted by molar-refractivity contribution is -0.145. The van der Waals surface area contributed by atoms with Crippen molar-refractivity contribution in [2.24, 2.45) is 0 Å². The van der Waals surface area contributed by atoms with Gasteiger partial charge in [-0.25, -0.2) is 4.79 Å². The molecule has 21 heavy (non-hydrogen) atoms. The summed E-state index contributed by atoms with van der Waals surface area (Å²) in [6, 6.07) is 11.6. The predicted molar refractivity (Wildman–Crippen MR) is 89.4 cm³/mol. The van der Waals surface area contributed by atoms with Gasteiger partial charge in [0.15, 0.2) is 0 Å². The van der Waals surface area contributed by atoms with E-state index in [0.717, 1.165) is 19.8 Å². The monoisotopic (exact) mass is 367 g/mol. The third-order valence-corrected chi connectivity index (χ3v) is 5.24. The number of aryl methyl sites for hydroxylation is 1. The summed E-state index contributed by atoms with van der Waals surface area (Å²) >= 11 is 5.10. The van der Waals surface area contributed by atoms with Crippen LogP contribution >= 0.6 is 27.3 Å². The second-order valence-corrected chi connectivity index (χ2v) is 6.75. The van der Waals surface area contributed by atoms with Crippen LogP contribution in [0.15, 0.2) is 40.9 Å². The number of hydrogen-bond acceptors (Lipinski definition) is 4. The number of benzene rings is 1. The smallest absolute Gasteiger partial charge is 0.328 e. The van der Waals surface area contributed by atoms with Crippen LogP contribution in [-0.2, 0) is 16.1 Å². The van der Waals surface area contributed by atoms with Gasteiger partial charge in [0, 0.05) is 20.8 Å². The van der Waals surface area contributed by atoms with Gasteiger partial charge in [-0.1, -0.05) is 30.3 Å². The molecular weight excluding hydrogens is 350 g/mol. The molecule has 1 unspecified atom stereocenters. The van der Waals surface area contributed by atoms with Crippen molar-refractivity contribution in [3.05, 3.63) is 56.2 Å². The van der Waals surface area contributed by atoms with E-state index in [2.05, 4.69) is 21.2 Å². The van der Waals surface area contributed by atoms with E-state index in [1.165, 1.54) is 0 Å². The topological polar surface area (TPSA) is 38.3 Å². The third-order valence-electron chi connectivity index (χ3n) is 3.04. The van der Waals surface area contributed by atoms with E-state index in [-0.39, 0.29) is 5.97 Å². The summed E-state index contributed by atoms with van der Waals surface area (Å²) in [4.78, 5) is 14.3. The average molecular weight is 368 g/mol. The van der Waals surface area contributed by atoms with Crippen LogP contribution in [0.1, 0.15) is 28.3 Å². The second-order valence-electron chi connectivity index (χ2n) is 4.60. The first-order valence-corrected chi connectivity index (χ1v) is 8.42. The average Bonchev–Trinajstić information content (AvgIpc) is 2.80. The van der Waals surface area contributed by atoms with E-state index >= 15 is 0 Å². The largest absolute Gasteiger partial charge is 0.465 e. The predicted octanol–water partition coefficient (Wildman–Crippen LogP) is 4.21. The highest BCUT2D eigenvalue weighted by Gasteiger charge is 2.24. The van der Waals surface area contributed by atoms with Crippen molar-refractivity contribution >= 4 is 33.2 Å². The Morgan fingerprint density at radius 2 is 2.10 bits per heavy atom. The van der Waals surface area contributed by atoms with Gasteiger partial charge in [0.1, 0.15) is 6.04 Å². The molecule has 1 aromatic heterocycles. The lowest BCUT2D eigenvalue weighted by Crippen LogP contribution is -2.29. The number of carbonyl (C=O) groups is 1. The molecular formula is C16H18BrNO2S. The molecule has 0 spiro atoms. The lowest BCUT2D eigenvalue weighted by atomic mass is 10.2. The highest BCUT2D eigenvalue weighted by Crippen LogP contribution is 2.31. The van der Waals surface area contributed by atoms with Crippen LogP contribution in [0.2, 0.25) is 0 Å². The van der Waals surface area contributed by atoms with Gasteiger partial charge in [-0.2, -0.15) is 0 Å². The Morgan fingerprint density at radius 3 is 2.67 bits per heavy atom. The van der Waals surface area contributed by atoms with Gasteiger partial charge in [-0.3, -0.25) is 5.32 Å². The van der Waals surface area contributed by atoms with Gasteiger partial charge in [0.25, 0.3) is 0 Å². The van der Waals surface area contributed by atoms with E-state index in [1.54, 1.807) is 11.3 Å². The minimum atomic E-state index is -0.430. The number of nitrogens with one attached hydrogen (secondary N) is 1. The summed E-state index contributed by atoms with van der Waals surface area (Å²) in [7, 11) is 0. The molecule has 0 aliphatic carbocycles. The summed E-state index contributed by atoms with van der Waals surface area (Å²) < 4.78 is 6.21. The number of rotatable bonds is 6. The van der Waals surface area contributed by atoms with Gasteiger partial charge < -0.3 is 4.74 Å². The second kappa shape index (κ2) is 7.73. The zero-order chi connectivity index (χ0) is 15.2. The summed E-state index contributed by atoms with van der Waals surface area (Å²) in [6.07, 6.45) is 0. The molecule has 1 atom stereocenters. The third kappa shape index (κ3) is 4.40. The van der Waals surface area contributed by atoms with Crippen molar-refractivity contribution in [3.63, 3.8) is 0 Å². The normalized spacial score (nSPS) is 12.1. The molecule has 1 heterocycles. The minimum absolute atomic E-state index is 0.234. The number of esters is 1. The van der Waals surface area contributed by atoms with E-state index in [1.807, 2.05) is 50.2 Å². The molecule has 0 aliphatic heterocycles. The van der Waals surface area contributed by atoms with Crippen LogP contribution in [0.5, 0.6) is 0 Å². The molecule has 2 aromatic rings. The maximum Gasteiger partial charge on any atom is 0.328 e. The molecule has 1 aromatic carbocycles. The molecule has 0 amide bonds. The van der Waals surface area contributed by atoms with Crippen molar-refractivity contribution in [1.29, 1.82) is 0 Å². The van der Waals surface area contributed by atoms with Crippen molar-refractivity contribution in [2.75, 3.05) is 6.61 Å². The highest BCUT2D eigenvalue weighted by molar-refractivity contribution is 9.10. The van der Waals surface area contributed by atoms with Crippen molar-refractivity contribution < 1.29 is 9.53 Å². The van der Waals surface area contributed by atoms with Crippen molar-refractivity contribution in [3.8, 4) is 0 Å². The summed E-state index contributed by atoms with van der Waals surface area (Å²) in [5, 5.41) is 3.29. The fourth-order valence-electron chi connectivity index (χ4n) is 1.97. The first kappa shape index (κ1) is 16.2. The SMILES string of the molecule is CCOC(=O)C(NCc1ccccc1)c1cc(Br)c(C)s1. The Labute approximate surface area is 137 Å². The molecule has 0 saturated carbocycles. The fraction of sp³-hybridized carbons (Fsp3) is 0.312. The quantitative estimate of drug-likeness (QED) is 0.777. The molecule has 1 N–H and O–H groups in total. The number of carbonyl (C=O) groups excluding carboxylic acids is 1. The number of ether oxygens (including phenoxy) is 1. The fourth-order valence-corrected chi connectivity index (χ4v) is 3.59. The van der Waals surface area contributed by atoms with Crippen molar-refractivity contribution in [2.45, 2.75) is 26.4 Å². The summed E-state index contributed by atoms with van der Waals surface area (Å²) in [5.74, 6) is -0.234. The zero-order valence-corrected chi connectivity index (χ0v) is 14.5. The van der Waals surface area contributed by atoms with Crippen LogP contribution < -0.4 is 5.32 Å². The van der Waals surface area contributed by atoms with Crippen LogP contribution in [-0.4, -0.2) is 12.6 Å². The Balaban J connectivity index is 2.14. The van der Waals surface area contributed by atoms with E-state index in [4.69, 9.17) is 4.74 Å². The van der Waals surface area contributed by atoms with Gasteiger partial charge in [-0.15, -0.1) is 11.3 Å². The van der Waals surface area contributed by atoms with Crippen LogP contribution in [0.3, 0.4) is 0 Å². The molecule has 0 bridgehead atoms. The molecule has 2 rings (SSSR count). The number of thiophene rings is 1. The number of halogens is 1. The minimum Gasteiger partial charge on any atom is -0.465 e. The molecule has 3 nitrogen and oxygen atoms in total. The molecule has 0 radical (unpaired) electrons. The Hall–Kier alpha value is -1.17. The van der Waals surface area contributed by atoms with Gasteiger partial charge in [-0.05, 0) is 41.4 Å². The van der Waals surface area contributed by atoms with E-state index < -0.39 is 6.04 Å². The van der Waals surface area contributed by atoms with Gasteiger partial charge >= 0.3 is 5.97 Å². The first-order chi connectivity index (χ1) is 10.1. The van der Waals surface area contributed by atoms with Gasteiger partial charge in [0.05, 0.1) is 6.61 Å². The summed E-state index contributed by atoms with van der Waals surface area (Å²) in [6.45, 7) is 4.85. The Morgan fingerprint density at radius 1 is 1.38 bits per heavy atom. The summed E-state index contributed by atoms with van der Waals surface area (Å²) in [5.41, 5.74) is 1.14. The maximum absolute atomic E-state index is 12.2. The molecule has 5 heteroatoms. The first-order valence-electron chi connectivity index (χ1n) is 6.81. The Bertz CT molecular complexity index is 578. The van der Waals surface area contributed by atoms with Gasteiger partial charge in [0.2, 0.25) is 0 Å². The molecule has 0 aliphatic rings. The molecule has 0 fully saturated rings.